The quantitative estimate of drug-likeness (QED) is 0.0949. The lowest BCUT2D eigenvalue weighted by Crippen LogP contribution is -2.48. The Labute approximate surface area is 261 Å². The number of nitrogens with zero attached hydrogens (tertiary/aromatic N) is 4. The van der Waals surface area contributed by atoms with Crippen LogP contribution < -0.4 is 0 Å². The molecule has 9 heteroatoms. The molecule has 2 aromatic carbocycles. The number of hydrogen-bond acceptors (Lipinski definition) is 6. The molecule has 1 atom stereocenters. The first kappa shape index (κ1) is 32.3. The smallest absolute Gasteiger partial charge is 0.268 e. The van der Waals surface area contributed by atoms with Gasteiger partial charge in [-0.2, -0.15) is 4.39 Å². The van der Waals surface area contributed by atoms with Crippen LogP contribution in [0.3, 0.4) is 0 Å². The third kappa shape index (κ3) is 7.57. The monoisotopic (exact) mass is 620 g/mol. The van der Waals surface area contributed by atoms with Crippen LogP contribution >= 0.6 is 0 Å². The van der Waals surface area contributed by atoms with Crippen molar-refractivity contribution in [2.75, 3.05) is 26.3 Å². The Bertz CT molecular complexity index is 1590. The van der Waals surface area contributed by atoms with Gasteiger partial charge in [0.25, 0.3) is 10.0 Å². The normalized spacial score (nSPS) is 14.8. The van der Waals surface area contributed by atoms with Crippen LogP contribution in [-0.4, -0.2) is 65.6 Å². The van der Waals surface area contributed by atoms with Crippen molar-refractivity contribution in [1.29, 1.82) is 0 Å². The molecule has 0 saturated heterocycles. The maximum Gasteiger partial charge on any atom is 0.268 e. The summed E-state index contributed by atoms with van der Waals surface area (Å²) in [4.78, 5) is 8.85. The molecule has 1 fully saturated rings. The third-order valence-corrected chi connectivity index (χ3v) is 10.5. The minimum Gasteiger partial charge on any atom is -0.379 e. The molecule has 1 unspecified atom stereocenters. The molecule has 0 radical (unpaired) electrons. The number of aromatic nitrogens is 2. The zero-order valence-corrected chi connectivity index (χ0v) is 26.8. The fourth-order valence-electron chi connectivity index (χ4n) is 6.27. The first-order valence-corrected chi connectivity index (χ1v) is 17.4. The lowest BCUT2D eigenvalue weighted by Gasteiger charge is -2.42. The van der Waals surface area contributed by atoms with E-state index in [1.165, 1.54) is 42.3 Å². The predicted molar refractivity (Wildman–Crippen MR) is 173 cm³/mol. The van der Waals surface area contributed by atoms with Crippen molar-refractivity contribution in [2.24, 2.45) is 0 Å². The predicted octanol–water partition coefficient (Wildman–Crippen LogP) is 6.86. The Morgan fingerprint density at radius 1 is 0.955 bits per heavy atom. The van der Waals surface area contributed by atoms with Gasteiger partial charge in [-0.1, -0.05) is 69.2 Å². The second-order valence-electron chi connectivity index (χ2n) is 11.7. The number of rotatable bonds is 17. The lowest BCUT2D eigenvalue weighted by molar-refractivity contribution is 0.0253. The van der Waals surface area contributed by atoms with Crippen molar-refractivity contribution >= 4 is 20.9 Å². The van der Waals surface area contributed by atoms with Gasteiger partial charge >= 0.3 is 0 Å². The minimum absolute atomic E-state index is 0.232. The number of benzene rings is 2. The second kappa shape index (κ2) is 15.3. The average molecular weight is 621 g/mol. The maximum atomic E-state index is 14.7. The summed E-state index contributed by atoms with van der Waals surface area (Å²) in [6, 6.07) is 20.7. The highest BCUT2D eigenvalue weighted by Crippen LogP contribution is 2.29. The summed E-state index contributed by atoms with van der Waals surface area (Å²) in [6.07, 6.45) is 10.6. The van der Waals surface area contributed by atoms with Gasteiger partial charge in [0.1, 0.15) is 0 Å². The van der Waals surface area contributed by atoms with Crippen LogP contribution in [-0.2, 0) is 27.8 Å². The molecule has 2 heterocycles. The highest BCUT2D eigenvalue weighted by molar-refractivity contribution is 7.90. The first-order chi connectivity index (χ1) is 21.4. The zero-order chi connectivity index (χ0) is 30.9. The molecular formula is C35H45FN4O3S. The van der Waals surface area contributed by atoms with E-state index < -0.39 is 16.0 Å². The van der Waals surface area contributed by atoms with Gasteiger partial charge < -0.3 is 4.74 Å². The SMILES string of the molecule is CCCC(CC)N(CCOCCN(Cc1cccnc1F)Cc1cn(S(=O)(=O)c2ccccc2)c2ccccc12)C1CCC1. The van der Waals surface area contributed by atoms with Gasteiger partial charge in [-0.3, -0.25) is 9.80 Å². The Hall–Kier alpha value is -3.11. The number of ether oxygens (including phenoxy) is 1. The van der Waals surface area contributed by atoms with E-state index in [9.17, 15) is 12.8 Å². The van der Waals surface area contributed by atoms with Gasteiger partial charge in [-0.05, 0) is 55.5 Å². The first-order valence-electron chi connectivity index (χ1n) is 16.0. The minimum atomic E-state index is -3.80. The molecule has 0 amide bonds. The zero-order valence-electron chi connectivity index (χ0n) is 25.9. The summed E-state index contributed by atoms with van der Waals surface area (Å²) in [5.74, 6) is -0.495. The average Bonchev–Trinajstić information content (AvgIpc) is 3.39. The maximum absolute atomic E-state index is 14.7. The number of halogens is 1. The number of hydrogen-bond donors (Lipinski definition) is 0. The summed E-state index contributed by atoms with van der Waals surface area (Å²) in [7, 11) is -3.80. The van der Waals surface area contributed by atoms with Crippen molar-refractivity contribution in [3.8, 4) is 0 Å². The van der Waals surface area contributed by atoms with Gasteiger partial charge in [0, 0.05) is 61.6 Å². The van der Waals surface area contributed by atoms with Crippen LogP contribution in [0.4, 0.5) is 4.39 Å². The van der Waals surface area contributed by atoms with Gasteiger partial charge in [0.15, 0.2) is 0 Å². The molecule has 2 aromatic heterocycles. The Kier molecular flexibility index (Phi) is 11.2. The van der Waals surface area contributed by atoms with Gasteiger partial charge in [-0.15, -0.1) is 0 Å². The van der Waals surface area contributed by atoms with Crippen molar-refractivity contribution in [3.63, 3.8) is 0 Å². The highest BCUT2D eigenvalue weighted by Gasteiger charge is 2.29. The molecule has 0 aliphatic heterocycles. The Morgan fingerprint density at radius 3 is 2.39 bits per heavy atom. The van der Waals surface area contributed by atoms with E-state index in [0.717, 1.165) is 23.9 Å². The van der Waals surface area contributed by atoms with Crippen molar-refractivity contribution in [1.82, 2.24) is 18.8 Å². The molecule has 0 N–H and O–H groups in total. The van der Waals surface area contributed by atoms with Gasteiger partial charge in [0.2, 0.25) is 5.95 Å². The molecule has 0 spiro atoms. The summed E-state index contributed by atoms with van der Waals surface area (Å²) >= 11 is 0. The van der Waals surface area contributed by atoms with E-state index in [-0.39, 0.29) is 4.90 Å². The molecule has 44 heavy (non-hydrogen) atoms. The molecule has 5 rings (SSSR count). The molecule has 7 nitrogen and oxygen atoms in total. The third-order valence-electron chi connectivity index (χ3n) is 8.84. The van der Waals surface area contributed by atoms with Gasteiger partial charge in [-0.25, -0.2) is 17.4 Å². The van der Waals surface area contributed by atoms with E-state index in [1.807, 2.05) is 24.3 Å². The largest absolute Gasteiger partial charge is 0.379 e. The van der Waals surface area contributed by atoms with Crippen molar-refractivity contribution in [3.05, 3.63) is 96.2 Å². The van der Waals surface area contributed by atoms with E-state index in [1.54, 1.807) is 48.7 Å². The van der Waals surface area contributed by atoms with Crippen molar-refractivity contribution in [2.45, 2.75) is 82.4 Å². The van der Waals surface area contributed by atoms with E-state index in [0.29, 0.717) is 56.0 Å². The van der Waals surface area contributed by atoms with Crippen LogP contribution in [0.2, 0.25) is 0 Å². The fraction of sp³-hybridized carbons (Fsp3) is 0.457. The van der Waals surface area contributed by atoms with Gasteiger partial charge in [0.05, 0.1) is 23.6 Å². The second-order valence-corrected chi connectivity index (χ2v) is 13.5. The molecule has 4 aromatic rings. The summed E-state index contributed by atoms with van der Waals surface area (Å²) < 4.78 is 49.5. The van der Waals surface area contributed by atoms with Crippen LogP contribution in [0.5, 0.6) is 0 Å². The summed E-state index contributed by atoms with van der Waals surface area (Å²) in [6.45, 7) is 7.93. The number of pyridine rings is 1. The topological polar surface area (TPSA) is 67.7 Å². The molecule has 1 aliphatic carbocycles. The molecule has 1 aliphatic rings. The number of para-hydroxylation sites is 1. The highest BCUT2D eigenvalue weighted by atomic mass is 32.2. The molecular weight excluding hydrogens is 575 g/mol. The summed E-state index contributed by atoms with van der Waals surface area (Å²) in [5, 5.41) is 0.849. The number of fused-ring (bicyclic) bond motifs is 1. The summed E-state index contributed by atoms with van der Waals surface area (Å²) in [5.41, 5.74) is 1.96. The van der Waals surface area contributed by atoms with Crippen LogP contribution in [0.25, 0.3) is 10.9 Å². The van der Waals surface area contributed by atoms with Crippen LogP contribution in [0, 0.1) is 5.95 Å². The van der Waals surface area contributed by atoms with Crippen LogP contribution in [0.15, 0.2) is 84.0 Å². The van der Waals surface area contributed by atoms with E-state index >= 15 is 0 Å². The van der Waals surface area contributed by atoms with E-state index in [4.69, 9.17) is 4.74 Å². The molecule has 236 valence electrons. The molecule has 0 bridgehead atoms. The van der Waals surface area contributed by atoms with Crippen molar-refractivity contribution < 1.29 is 17.5 Å². The Balaban J connectivity index is 1.32. The standard InChI is InChI=1S/C35H45FN4O3S/c1-3-12-30(4-2)39(31-14-10-15-31)22-24-43-23-21-38(25-28-13-11-20-37-35(28)36)26-29-27-40(34-19-9-8-18-33(29)34)44(41,42)32-16-6-5-7-17-32/h5-9,11,13,16-20,27,30-31H,3-4,10,12,14-15,21-26H2,1-2H3. The van der Waals surface area contributed by atoms with E-state index in [2.05, 4.69) is 28.6 Å². The fourth-order valence-corrected chi connectivity index (χ4v) is 7.68. The molecule has 1 saturated carbocycles. The Morgan fingerprint density at radius 2 is 1.68 bits per heavy atom. The lowest BCUT2D eigenvalue weighted by atomic mass is 9.89. The van der Waals surface area contributed by atoms with Crippen LogP contribution in [0.1, 0.15) is 63.5 Å².